The molecule has 82 valence electrons. The van der Waals surface area contributed by atoms with Crippen LogP contribution in [0.2, 0.25) is 0 Å². The minimum atomic E-state index is -4.23. The van der Waals surface area contributed by atoms with Crippen LogP contribution in [0, 0.1) is 3.57 Å². The fraction of sp³-hybridized carbons (Fsp3) is 0.273. The van der Waals surface area contributed by atoms with Gasteiger partial charge < -0.3 is 0 Å². The second-order valence-electron chi connectivity index (χ2n) is 3.30. The zero-order chi connectivity index (χ0) is 11.5. The first-order valence-electron chi connectivity index (χ1n) is 4.33. The lowest BCUT2D eigenvalue weighted by Gasteiger charge is -2.04. The number of rotatable bonds is 2. The molecule has 0 aliphatic carbocycles. The molecular formula is C11H11F3I+. The van der Waals surface area contributed by atoms with Gasteiger partial charge in [0.15, 0.2) is 7.65 Å². The Balaban J connectivity index is 2.77. The summed E-state index contributed by atoms with van der Waals surface area (Å²) in [6.45, 7) is 3.98. The molecule has 0 aliphatic rings. The number of alkyl halides is 3. The predicted octanol–water partition coefficient (Wildman–Crippen LogP) is 0.888. The third kappa shape index (κ3) is 4.24. The van der Waals surface area contributed by atoms with Crippen molar-refractivity contribution in [3.63, 3.8) is 0 Å². The highest BCUT2D eigenvalue weighted by molar-refractivity contribution is 5.17. The highest BCUT2D eigenvalue weighted by atomic mass is 127. The van der Waals surface area contributed by atoms with Crippen LogP contribution in [0.15, 0.2) is 33.9 Å². The maximum Gasteiger partial charge on any atom is 0.416 e. The molecule has 0 heterocycles. The molecule has 1 aromatic carbocycles. The van der Waals surface area contributed by atoms with E-state index in [0.717, 1.165) is 15.7 Å². The zero-order valence-electron chi connectivity index (χ0n) is 8.40. The SMILES string of the molecule is CC(C)=C[I+]c1ccc(C(F)(F)F)cc1. The first-order chi connectivity index (χ1) is 6.89. The summed E-state index contributed by atoms with van der Waals surface area (Å²) in [6.07, 6.45) is -4.23. The van der Waals surface area contributed by atoms with Crippen LogP contribution in [0.1, 0.15) is 19.4 Å². The van der Waals surface area contributed by atoms with Crippen molar-refractivity contribution in [1.29, 1.82) is 0 Å². The van der Waals surface area contributed by atoms with Gasteiger partial charge in [0.25, 0.3) is 0 Å². The summed E-state index contributed by atoms with van der Waals surface area (Å²) >= 11 is -0.292. The number of hydrogen-bond donors (Lipinski definition) is 0. The quantitative estimate of drug-likeness (QED) is 0.708. The van der Waals surface area contributed by atoms with E-state index in [1.54, 1.807) is 12.1 Å². The first-order valence-corrected chi connectivity index (χ1v) is 6.66. The predicted molar refractivity (Wildman–Crippen MR) is 49.6 cm³/mol. The van der Waals surface area contributed by atoms with Crippen LogP contribution in [0.25, 0.3) is 0 Å². The smallest absolute Gasteiger partial charge is 0.166 e. The summed E-state index contributed by atoms with van der Waals surface area (Å²) in [6, 6.07) is 5.42. The van der Waals surface area contributed by atoms with Gasteiger partial charge in [0.1, 0.15) is 0 Å². The van der Waals surface area contributed by atoms with Crippen molar-refractivity contribution in [2.75, 3.05) is 0 Å². The van der Waals surface area contributed by atoms with Crippen LogP contribution in [-0.4, -0.2) is 0 Å². The molecule has 0 nitrogen and oxygen atoms in total. The van der Waals surface area contributed by atoms with Crippen molar-refractivity contribution in [3.05, 3.63) is 43.1 Å². The molecule has 0 aromatic heterocycles. The standard InChI is InChI=1S/C11H11F3I/c1-8(2)7-15-10-5-3-9(4-6-10)11(12,13)14/h3-7H,1-2H3/q+1. The topological polar surface area (TPSA) is 0 Å². The average molecular weight is 327 g/mol. The van der Waals surface area contributed by atoms with Crippen molar-refractivity contribution in [3.8, 4) is 0 Å². The minimum Gasteiger partial charge on any atom is -0.166 e. The maximum absolute atomic E-state index is 12.2. The van der Waals surface area contributed by atoms with Gasteiger partial charge in [-0.3, -0.25) is 0 Å². The number of allylic oxidation sites excluding steroid dienone is 1. The summed E-state index contributed by atoms with van der Waals surface area (Å²) in [5.41, 5.74) is 0.634. The summed E-state index contributed by atoms with van der Waals surface area (Å²) < 4.78 is 39.8. The van der Waals surface area contributed by atoms with Crippen LogP contribution >= 0.6 is 0 Å². The number of benzene rings is 1. The fourth-order valence-electron chi connectivity index (χ4n) is 0.884. The van der Waals surface area contributed by atoms with Crippen LogP contribution < -0.4 is 21.2 Å². The average Bonchev–Trinajstić information content (AvgIpc) is 2.14. The maximum atomic E-state index is 12.2. The van der Waals surface area contributed by atoms with Gasteiger partial charge in [-0.05, 0) is 43.7 Å². The fourth-order valence-corrected chi connectivity index (χ4v) is 2.64. The monoisotopic (exact) mass is 327 g/mol. The van der Waals surface area contributed by atoms with Gasteiger partial charge in [0, 0.05) is 0 Å². The first kappa shape index (κ1) is 12.5. The van der Waals surface area contributed by atoms with Gasteiger partial charge in [-0.1, -0.05) is 0 Å². The van der Waals surface area contributed by atoms with Crippen molar-refractivity contribution in [2.45, 2.75) is 20.0 Å². The van der Waals surface area contributed by atoms with Crippen molar-refractivity contribution in [2.24, 2.45) is 0 Å². The molecule has 0 bridgehead atoms. The molecule has 0 atom stereocenters. The van der Waals surface area contributed by atoms with E-state index in [9.17, 15) is 13.2 Å². The molecule has 0 spiro atoms. The Kier molecular flexibility index (Phi) is 4.19. The van der Waals surface area contributed by atoms with Crippen molar-refractivity contribution in [1.82, 2.24) is 0 Å². The van der Waals surface area contributed by atoms with Gasteiger partial charge in [-0.15, -0.1) is 0 Å². The molecule has 1 aromatic rings. The van der Waals surface area contributed by atoms with Gasteiger partial charge in [0.05, 0.1) is 5.56 Å². The van der Waals surface area contributed by atoms with E-state index >= 15 is 0 Å². The van der Waals surface area contributed by atoms with Gasteiger partial charge in [-0.2, -0.15) is 13.2 Å². The summed E-state index contributed by atoms with van der Waals surface area (Å²) in [4.78, 5) is 0. The van der Waals surface area contributed by atoms with E-state index in [1.165, 1.54) is 5.57 Å². The number of halogens is 4. The van der Waals surface area contributed by atoms with Crippen LogP contribution in [0.4, 0.5) is 13.2 Å². The Labute approximate surface area is 97.4 Å². The largest absolute Gasteiger partial charge is 0.416 e. The molecule has 4 heteroatoms. The highest BCUT2D eigenvalue weighted by Gasteiger charge is 2.30. The molecule has 0 saturated heterocycles. The molecule has 1 rings (SSSR count). The van der Waals surface area contributed by atoms with E-state index in [2.05, 4.69) is 4.08 Å². The van der Waals surface area contributed by atoms with Crippen LogP contribution in [0.3, 0.4) is 0 Å². The van der Waals surface area contributed by atoms with Crippen molar-refractivity contribution < 1.29 is 34.4 Å². The molecule has 0 radical (unpaired) electrons. The molecule has 0 fully saturated rings. The van der Waals surface area contributed by atoms with Crippen molar-refractivity contribution >= 4 is 0 Å². The Hall–Kier alpha value is -0.520. The third-order valence-corrected chi connectivity index (χ3v) is 4.57. The minimum absolute atomic E-state index is 0.292. The molecule has 0 saturated carbocycles. The lowest BCUT2D eigenvalue weighted by Crippen LogP contribution is -3.59. The normalized spacial score (nSPS) is 11.3. The number of hydrogen-bond acceptors (Lipinski definition) is 0. The molecule has 0 amide bonds. The molecule has 0 unspecified atom stereocenters. The lowest BCUT2D eigenvalue weighted by molar-refractivity contribution is -0.557. The molecule has 0 aliphatic heterocycles. The van der Waals surface area contributed by atoms with E-state index in [1.807, 2.05) is 13.8 Å². The lowest BCUT2D eigenvalue weighted by atomic mass is 10.2. The third-order valence-electron chi connectivity index (χ3n) is 1.57. The van der Waals surface area contributed by atoms with Gasteiger partial charge in [0.2, 0.25) is 0 Å². The van der Waals surface area contributed by atoms with E-state index < -0.39 is 11.7 Å². The Morgan fingerprint density at radius 2 is 1.67 bits per heavy atom. The zero-order valence-corrected chi connectivity index (χ0v) is 10.6. The summed E-state index contributed by atoms with van der Waals surface area (Å²) in [7, 11) is 0. The molecule has 0 N–H and O–H groups in total. The Bertz CT molecular complexity index is 345. The molecular weight excluding hydrogens is 316 g/mol. The van der Waals surface area contributed by atoms with E-state index in [0.29, 0.717) is 0 Å². The second kappa shape index (κ2) is 5.01. The Morgan fingerprint density at radius 1 is 1.13 bits per heavy atom. The molecule has 15 heavy (non-hydrogen) atoms. The second-order valence-corrected chi connectivity index (χ2v) is 5.79. The summed E-state index contributed by atoms with van der Waals surface area (Å²) in [5, 5.41) is 0. The van der Waals surface area contributed by atoms with Gasteiger partial charge >= 0.3 is 27.4 Å². The van der Waals surface area contributed by atoms with Crippen LogP contribution in [0.5, 0.6) is 0 Å². The Morgan fingerprint density at radius 3 is 2.07 bits per heavy atom. The van der Waals surface area contributed by atoms with Crippen LogP contribution in [-0.2, 0) is 6.18 Å². The summed E-state index contributed by atoms with van der Waals surface area (Å²) in [5.74, 6) is 0. The van der Waals surface area contributed by atoms with E-state index in [4.69, 9.17) is 0 Å². The highest BCUT2D eigenvalue weighted by Crippen LogP contribution is 2.28. The van der Waals surface area contributed by atoms with E-state index in [-0.39, 0.29) is 21.2 Å². The van der Waals surface area contributed by atoms with Gasteiger partial charge in [-0.25, -0.2) is 0 Å².